The first kappa shape index (κ1) is 38.9. The van der Waals surface area contributed by atoms with E-state index in [4.69, 9.17) is 0 Å². The molecule has 0 saturated carbocycles. The van der Waals surface area contributed by atoms with Crippen molar-refractivity contribution in [3.8, 4) is 66.8 Å². The molecule has 0 unspecified atom stereocenters. The Kier molecular flexibility index (Phi) is 8.94. The second-order valence-electron chi connectivity index (χ2n) is 18.9. The molecule has 0 fully saturated rings. The molecule has 0 saturated heterocycles. The summed E-state index contributed by atoms with van der Waals surface area (Å²) in [6.07, 6.45) is 0. The summed E-state index contributed by atoms with van der Waals surface area (Å²) >= 11 is 0. The van der Waals surface area contributed by atoms with Crippen LogP contribution in [0.5, 0.6) is 0 Å². The molecule has 2 aliphatic rings. The first-order valence-corrected chi connectivity index (χ1v) is 22.9. The number of rotatable bonds is 7. The smallest absolute Gasteiger partial charge is 0.0462 e. The highest BCUT2D eigenvalue weighted by molar-refractivity contribution is 6.04. The van der Waals surface area contributed by atoms with Gasteiger partial charge in [-0.3, -0.25) is 0 Å². The molecule has 2 aliphatic carbocycles. The van der Waals surface area contributed by atoms with Gasteiger partial charge in [-0.1, -0.05) is 204 Å². The zero-order valence-electron chi connectivity index (χ0n) is 37.3. The van der Waals surface area contributed by atoms with Gasteiger partial charge in [0, 0.05) is 27.9 Å². The maximum absolute atomic E-state index is 2.55. The Hall–Kier alpha value is -7.74. The topological polar surface area (TPSA) is 3.24 Å². The average molecular weight is 832 g/mol. The van der Waals surface area contributed by atoms with Gasteiger partial charge in [-0.15, -0.1) is 0 Å². The highest BCUT2D eigenvalue weighted by Gasteiger charge is 2.42. The monoisotopic (exact) mass is 831 g/mol. The molecule has 10 aromatic rings. The number of fused-ring (bicyclic) bond motifs is 8. The SMILES string of the molecule is CC1(C)c2cc3c(cc2-c2c(-c4ccc(-c5ccc(N(c6ccc(-c7ccccc7)cc6)c6ccc(-c7ccccc7)cc6)cc5)cc4)cccc21)C(C)(C)c1ccc2ccccc2c1-3. The van der Waals surface area contributed by atoms with Gasteiger partial charge >= 0.3 is 0 Å². The third kappa shape index (κ3) is 6.29. The number of hydrogen-bond donors (Lipinski definition) is 0. The van der Waals surface area contributed by atoms with Crippen molar-refractivity contribution in [1.29, 1.82) is 0 Å². The van der Waals surface area contributed by atoms with E-state index < -0.39 is 0 Å². The molecular formula is C64H49N. The molecule has 65 heavy (non-hydrogen) atoms. The van der Waals surface area contributed by atoms with Crippen molar-refractivity contribution in [2.75, 3.05) is 4.90 Å². The molecular weight excluding hydrogens is 783 g/mol. The standard InChI is InChI=1S/C64H49N/c1-63(2)57-21-13-20-54(61(57)55-40-60-56(41-59(55)63)62-53-19-12-11-18-48(53)32-39-58(62)64(60,3)4)49-24-22-44(23-25-49)47-30-37-52(38-31-47)65(50-33-26-45(27-34-50)42-14-7-5-8-15-42)51-35-28-46(29-36-51)43-16-9-6-10-17-43/h5-41H,1-4H3. The van der Waals surface area contributed by atoms with Gasteiger partial charge in [0.2, 0.25) is 0 Å². The van der Waals surface area contributed by atoms with E-state index in [0.717, 1.165) is 17.1 Å². The largest absolute Gasteiger partial charge is 0.311 e. The lowest BCUT2D eigenvalue weighted by Gasteiger charge is -2.26. The number of benzene rings is 10. The summed E-state index contributed by atoms with van der Waals surface area (Å²) in [6, 6.07) is 82.8. The lowest BCUT2D eigenvalue weighted by molar-refractivity contribution is 0.652. The summed E-state index contributed by atoms with van der Waals surface area (Å²) in [5.74, 6) is 0. The van der Waals surface area contributed by atoms with Crippen LogP contribution in [0.2, 0.25) is 0 Å². The zero-order valence-corrected chi connectivity index (χ0v) is 37.3. The van der Waals surface area contributed by atoms with E-state index in [-0.39, 0.29) is 10.8 Å². The molecule has 12 rings (SSSR count). The fraction of sp³-hybridized carbons (Fsp3) is 0.0938. The van der Waals surface area contributed by atoms with Gasteiger partial charge in [-0.25, -0.2) is 0 Å². The Morgan fingerprint density at radius 1 is 0.277 bits per heavy atom. The molecule has 10 aromatic carbocycles. The van der Waals surface area contributed by atoms with Crippen LogP contribution in [-0.2, 0) is 10.8 Å². The summed E-state index contributed by atoms with van der Waals surface area (Å²) in [6.45, 7) is 9.62. The Balaban J connectivity index is 0.881. The molecule has 310 valence electrons. The van der Waals surface area contributed by atoms with Gasteiger partial charge in [0.05, 0.1) is 0 Å². The zero-order chi connectivity index (χ0) is 43.9. The first-order chi connectivity index (χ1) is 31.7. The minimum atomic E-state index is -0.128. The van der Waals surface area contributed by atoms with Crippen LogP contribution in [-0.4, -0.2) is 0 Å². The van der Waals surface area contributed by atoms with Crippen LogP contribution in [0, 0.1) is 0 Å². The second-order valence-corrected chi connectivity index (χ2v) is 18.9. The molecule has 0 aromatic heterocycles. The van der Waals surface area contributed by atoms with Crippen LogP contribution in [0.15, 0.2) is 224 Å². The Morgan fingerprint density at radius 2 is 0.677 bits per heavy atom. The van der Waals surface area contributed by atoms with Crippen LogP contribution in [0.1, 0.15) is 49.9 Å². The molecule has 1 heteroatoms. The molecule has 1 nitrogen and oxygen atoms in total. The van der Waals surface area contributed by atoms with Crippen LogP contribution in [0.4, 0.5) is 17.1 Å². The van der Waals surface area contributed by atoms with Crippen LogP contribution in [0.3, 0.4) is 0 Å². The minimum absolute atomic E-state index is 0.0974. The number of nitrogens with zero attached hydrogens (tertiary/aromatic N) is 1. The van der Waals surface area contributed by atoms with Crippen LogP contribution >= 0.6 is 0 Å². The molecule has 0 atom stereocenters. The lowest BCUT2D eigenvalue weighted by atomic mass is 9.79. The van der Waals surface area contributed by atoms with Crippen molar-refractivity contribution in [2.24, 2.45) is 0 Å². The third-order valence-corrected chi connectivity index (χ3v) is 14.5. The van der Waals surface area contributed by atoms with Gasteiger partial charge in [0.25, 0.3) is 0 Å². The van der Waals surface area contributed by atoms with Crippen LogP contribution in [0.25, 0.3) is 77.5 Å². The summed E-state index contributed by atoms with van der Waals surface area (Å²) < 4.78 is 0. The second kappa shape index (κ2) is 14.9. The average Bonchev–Trinajstić information content (AvgIpc) is 3.73. The van der Waals surface area contributed by atoms with Crippen molar-refractivity contribution in [3.63, 3.8) is 0 Å². The van der Waals surface area contributed by atoms with Gasteiger partial charge in [0.1, 0.15) is 0 Å². The predicted octanol–water partition coefficient (Wildman–Crippen LogP) is 17.6. The van der Waals surface area contributed by atoms with E-state index in [2.05, 4.69) is 257 Å². The van der Waals surface area contributed by atoms with Gasteiger partial charge in [-0.05, 0) is 148 Å². The highest BCUT2D eigenvalue weighted by atomic mass is 15.1. The molecule has 0 amide bonds. The highest BCUT2D eigenvalue weighted by Crippen LogP contribution is 2.58. The van der Waals surface area contributed by atoms with E-state index in [1.54, 1.807) is 0 Å². The normalized spacial score (nSPS) is 13.8. The van der Waals surface area contributed by atoms with E-state index >= 15 is 0 Å². The predicted molar refractivity (Wildman–Crippen MR) is 276 cm³/mol. The maximum Gasteiger partial charge on any atom is 0.0462 e. The van der Waals surface area contributed by atoms with E-state index in [1.165, 1.54) is 99.8 Å². The molecule has 0 bridgehead atoms. The summed E-state index contributed by atoms with van der Waals surface area (Å²) in [4.78, 5) is 2.35. The summed E-state index contributed by atoms with van der Waals surface area (Å²) in [5.41, 5.74) is 24.1. The lowest BCUT2D eigenvalue weighted by Crippen LogP contribution is -2.16. The molecule has 0 aliphatic heterocycles. The Morgan fingerprint density at radius 3 is 1.18 bits per heavy atom. The van der Waals surface area contributed by atoms with Crippen molar-refractivity contribution in [2.45, 2.75) is 38.5 Å². The summed E-state index contributed by atoms with van der Waals surface area (Å²) in [7, 11) is 0. The van der Waals surface area contributed by atoms with Gasteiger partial charge < -0.3 is 4.90 Å². The van der Waals surface area contributed by atoms with Crippen LogP contribution < -0.4 is 4.90 Å². The van der Waals surface area contributed by atoms with Crippen molar-refractivity contribution in [1.82, 2.24) is 0 Å². The maximum atomic E-state index is 2.55. The third-order valence-electron chi connectivity index (χ3n) is 14.5. The molecule has 0 radical (unpaired) electrons. The van der Waals surface area contributed by atoms with Gasteiger partial charge in [0.15, 0.2) is 0 Å². The molecule has 0 spiro atoms. The van der Waals surface area contributed by atoms with Crippen molar-refractivity contribution in [3.05, 3.63) is 247 Å². The van der Waals surface area contributed by atoms with Crippen molar-refractivity contribution >= 4 is 27.8 Å². The van der Waals surface area contributed by atoms with E-state index in [0.29, 0.717) is 0 Å². The minimum Gasteiger partial charge on any atom is -0.311 e. The molecule has 0 N–H and O–H groups in total. The quantitative estimate of drug-likeness (QED) is 0.155. The number of anilines is 3. The summed E-state index contributed by atoms with van der Waals surface area (Å²) in [5, 5.41) is 2.65. The fourth-order valence-corrected chi connectivity index (χ4v) is 11.0. The first-order valence-electron chi connectivity index (χ1n) is 22.9. The number of hydrogen-bond acceptors (Lipinski definition) is 1. The van der Waals surface area contributed by atoms with E-state index in [1.807, 2.05) is 0 Å². The fourth-order valence-electron chi connectivity index (χ4n) is 11.0. The van der Waals surface area contributed by atoms with E-state index in [9.17, 15) is 0 Å². The van der Waals surface area contributed by atoms with Gasteiger partial charge in [-0.2, -0.15) is 0 Å². The molecule has 0 heterocycles. The van der Waals surface area contributed by atoms with Crippen molar-refractivity contribution < 1.29 is 0 Å². The Bertz CT molecular complexity index is 3330. The Labute approximate surface area is 383 Å².